The van der Waals surface area contributed by atoms with Crippen molar-refractivity contribution in [1.29, 1.82) is 0 Å². The number of para-hydroxylation sites is 1. The van der Waals surface area contributed by atoms with E-state index in [1.165, 1.54) is 23.1 Å². The van der Waals surface area contributed by atoms with Gasteiger partial charge in [0, 0.05) is 24.9 Å². The van der Waals surface area contributed by atoms with Gasteiger partial charge < -0.3 is 10.1 Å². The highest BCUT2D eigenvalue weighted by molar-refractivity contribution is 7.99. The number of hydrogen-bond donors (Lipinski definition) is 1. The van der Waals surface area contributed by atoms with Crippen molar-refractivity contribution >= 4 is 74.0 Å². The Morgan fingerprint density at radius 1 is 0.935 bits per heavy atom. The van der Waals surface area contributed by atoms with Gasteiger partial charge in [0.2, 0.25) is 0 Å². The van der Waals surface area contributed by atoms with E-state index in [1.807, 2.05) is 66.7 Å². The normalized spacial score (nSPS) is 10.8. The molecule has 4 rings (SSSR count). The first-order valence-electron chi connectivity index (χ1n) is 9.18. The zero-order valence-corrected chi connectivity index (χ0v) is 19.1. The molecule has 0 spiro atoms. The van der Waals surface area contributed by atoms with Gasteiger partial charge in [0.15, 0.2) is 6.61 Å². The molecule has 1 N–H and O–H groups in total. The molecule has 31 heavy (non-hydrogen) atoms. The molecule has 0 radical (unpaired) electrons. The second-order valence-electron chi connectivity index (χ2n) is 6.42. The van der Waals surface area contributed by atoms with E-state index in [-0.39, 0.29) is 4.88 Å². The Morgan fingerprint density at radius 3 is 2.42 bits per heavy atom. The van der Waals surface area contributed by atoms with Crippen LogP contribution in [0, 0.1) is 0 Å². The Balaban J connectivity index is 1.40. The number of fused-ring (bicyclic) bond motifs is 1. The van der Waals surface area contributed by atoms with Crippen molar-refractivity contribution in [1.82, 2.24) is 0 Å². The van der Waals surface area contributed by atoms with Crippen molar-refractivity contribution in [3.8, 4) is 0 Å². The van der Waals surface area contributed by atoms with Gasteiger partial charge in [-0.2, -0.15) is 0 Å². The summed E-state index contributed by atoms with van der Waals surface area (Å²) in [4.78, 5) is 27.0. The molecule has 1 amide bonds. The number of amides is 1. The molecule has 4 aromatic rings. The number of esters is 1. The lowest BCUT2D eigenvalue weighted by atomic mass is 10.2. The molecule has 4 nitrogen and oxygen atoms in total. The fourth-order valence-corrected chi connectivity index (χ4v) is 5.25. The molecule has 0 saturated heterocycles. The van der Waals surface area contributed by atoms with Gasteiger partial charge in [0.1, 0.15) is 4.88 Å². The van der Waals surface area contributed by atoms with Crippen LogP contribution in [0.4, 0.5) is 5.69 Å². The second kappa shape index (κ2) is 9.75. The minimum absolute atomic E-state index is 0.286. The standard InChI is InChI=1S/C23H15Cl2NO3S2/c24-14-9-11-15(12-10-14)30-19-8-4-2-6-17(19)26-20(27)13-29-23(28)22-21(25)16-5-1-3-7-18(16)31-22/h1-12H,13H2,(H,26,27). The highest BCUT2D eigenvalue weighted by Crippen LogP contribution is 2.36. The van der Waals surface area contributed by atoms with Crippen LogP contribution in [-0.2, 0) is 9.53 Å². The SMILES string of the molecule is O=C(COC(=O)c1sc2ccccc2c1Cl)Nc1ccccc1Sc1ccc(Cl)cc1. The maximum Gasteiger partial charge on any atom is 0.350 e. The summed E-state index contributed by atoms with van der Waals surface area (Å²) in [6.07, 6.45) is 0. The molecule has 0 fully saturated rings. The highest BCUT2D eigenvalue weighted by Gasteiger charge is 2.19. The van der Waals surface area contributed by atoms with Gasteiger partial charge in [-0.1, -0.05) is 65.3 Å². The third-order valence-corrected chi connectivity index (χ3v) is 7.25. The number of hydrogen-bond acceptors (Lipinski definition) is 5. The molecular weight excluding hydrogens is 473 g/mol. The molecular formula is C23H15Cl2NO3S2. The Morgan fingerprint density at radius 2 is 1.65 bits per heavy atom. The first kappa shape index (κ1) is 21.7. The van der Waals surface area contributed by atoms with E-state index in [1.54, 1.807) is 6.07 Å². The van der Waals surface area contributed by atoms with Crippen molar-refractivity contribution in [3.63, 3.8) is 0 Å². The van der Waals surface area contributed by atoms with E-state index in [9.17, 15) is 9.59 Å². The van der Waals surface area contributed by atoms with Crippen molar-refractivity contribution in [2.75, 3.05) is 11.9 Å². The Kier molecular flexibility index (Phi) is 6.83. The van der Waals surface area contributed by atoms with Crippen LogP contribution in [-0.4, -0.2) is 18.5 Å². The van der Waals surface area contributed by atoms with E-state index >= 15 is 0 Å². The second-order valence-corrected chi connectivity index (χ2v) is 9.40. The van der Waals surface area contributed by atoms with Crippen LogP contribution in [0.5, 0.6) is 0 Å². The summed E-state index contributed by atoms with van der Waals surface area (Å²) < 4.78 is 6.08. The van der Waals surface area contributed by atoms with Crippen LogP contribution in [0.2, 0.25) is 10.0 Å². The first-order chi connectivity index (χ1) is 15.0. The fourth-order valence-electron chi connectivity index (χ4n) is 2.82. The van der Waals surface area contributed by atoms with Crippen LogP contribution < -0.4 is 5.32 Å². The molecule has 0 aliphatic carbocycles. The quantitative estimate of drug-likeness (QED) is 0.293. The topological polar surface area (TPSA) is 55.4 Å². The number of benzene rings is 3. The van der Waals surface area contributed by atoms with Crippen molar-refractivity contribution < 1.29 is 14.3 Å². The maximum atomic E-state index is 12.4. The van der Waals surface area contributed by atoms with Crippen LogP contribution in [0.1, 0.15) is 9.67 Å². The summed E-state index contributed by atoms with van der Waals surface area (Å²) in [7, 11) is 0. The minimum atomic E-state index is -0.620. The lowest BCUT2D eigenvalue weighted by Crippen LogP contribution is -2.21. The number of carbonyl (C=O) groups is 2. The average Bonchev–Trinajstić information content (AvgIpc) is 3.12. The van der Waals surface area contributed by atoms with Gasteiger partial charge in [-0.3, -0.25) is 4.79 Å². The highest BCUT2D eigenvalue weighted by atomic mass is 35.5. The van der Waals surface area contributed by atoms with Gasteiger partial charge in [-0.25, -0.2) is 4.79 Å². The number of carbonyl (C=O) groups excluding carboxylic acids is 2. The Hall–Kier alpha value is -2.51. The van der Waals surface area contributed by atoms with E-state index in [0.717, 1.165) is 19.9 Å². The summed E-state index contributed by atoms with van der Waals surface area (Å²) >= 11 is 15.0. The fraction of sp³-hybridized carbons (Fsp3) is 0.0435. The lowest BCUT2D eigenvalue weighted by Gasteiger charge is -2.11. The summed E-state index contributed by atoms with van der Waals surface area (Å²) in [5, 5.41) is 4.59. The largest absolute Gasteiger partial charge is 0.451 e. The van der Waals surface area contributed by atoms with Gasteiger partial charge in [0.25, 0.3) is 5.91 Å². The molecule has 1 heterocycles. The van der Waals surface area contributed by atoms with Gasteiger partial charge in [-0.15, -0.1) is 11.3 Å². The molecule has 0 atom stereocenters. The van der Waals surface area contributed by atoms with Crippen LogP contribution in [0.25, 0.3) is 10.1 Å². The average molecular weight is 488 g/mol. The van der Waals surface area contributed by atoms with E-state index in [4.69, 9.17) is 27.9 Å². The molecule has 0 aliphatic rings. The molecule has 0 unspecified atom stereocenters. The van der Waals surface area contributed by atoms with E-state index in [0.29, 0.717) is 15.7 Å². The molecule has 156 valence electrons. The van der Waals surface area contributed by atoms with Crippen LogP contribution >= 0.6 is 46.3 Å². The van der Waals surface area contributed by atoms with Crippen LogP contribution in [0.3, 0.4) is 0 Å². The predicted octanol–water partition coefficient (Wildman–Crippen LogP) is 7.15. The maximum absolute atomic E-state index is 12.4. The molecule has 0 saturated carbocycles. The van der Waals surface area contributed by atoms with Crippen molar-refractivity contribution in [3.05, 3.63) is 87.7 Å². The monoisotopic (exact) mass is 487 g/mol. The van der Waals surface area contributed by atoms with Crippen molar-refractivity contribution in [2.45, 2.75) is 9.79 Å². The summed E-state index contributed by atoms with van der Waals surface area (Å²) in [5.74, 6) is -1.06. The Bertz CT molecular complexity index is 1260. The number of halogens is 2. The third kappa shape index (κ3) is 5.22. The zero-order valence-electron chi connectivity index (χ0n) is 15.9. The Labute approximate surface area is 197 Å². The summed E-state index contributed by atoms with van der Waals surface area (Å²) in [6, 6.07) is 22.3. The molecule has 8 heteroatoms. The van der Waals surface area contributed by atoms with Crippen LogP contribution in [0.15, 0.2) is 82.6 Å². The number of nitrogens with one attached hydrogen (secondary N) is 1. The summed E-state index contributed by atoms with van der Waals surface area (Å²) in [6.45, 7) is -0.413. The number of ether oxygens (including phenoxy) is 1. The number of rotatable bonds is 6. The minimum Gasteiger partial charge on any atom is -0.451 e. The molecule has 1 aromatic heterocycles. The van der Waals surface area contributed by atoms with Gasteiger partial charge in [-0.05, 0) is 42.5 Å². The smallest absolute Gasteiger partial charge is 0.350 e. The number of thiophene rings is 1. The molecule has 0 bridgehead atoms. The van der Waals surface area contributed by atoms with E-state index < -0.39 is 18.5 Å². The lowest BCUT2D eigenvalue weighted by molar-refractivity contribution is -0.119. The number of anilines is 1. The predicted molar refractivity (Wildman–Crippen MR) is 128 cm³/mol. The summed E-state index contributed by atoms with van der Waals surface area (Å²) in [5.41, 5.74) is 0.628. The van der Waals surface area contributed by atoms with Gasteiger partial charge in [0.05, 0.1) is 10.7 Å². The molecule has 3 aromatic carbocycles. The van der Waals surface area contributed by atoms with E-state index in [2.05, 4.69) is 5.32 Å². The zero-order chi connectivity index (χ0) is 21.8. The van der Waals surface area contributed by atoms with Crippen molar-refractivity contribution in [2.24, 2.45) is 0 Å². The third-order valence-electron chi connectivity index (χ3n) is 4.26. The first-order valence-corrected chi connectivity index (χ1v) is 11.6. The van der Waals surface area contributed by atoms with Gasteiger partial charge >= 0.3 is 5.97 Å². The molecule has 0 aliphatic heterocycles.